The molecule has 0 spiro atoms. The van der Waals surface area contributed by atoms with Gasteiger partial charge in [-0.2, -0.15) is 0 Å². The summed E-state index contributed by atoms with van der Waals surface area (Å²) in [4.78, 5) is 0. The number of hydrogen-bond acceptors (Lipinski definition) is 4. The van der Waals surface area contributed by atoms with Gasteiger partial charge in [0.1, 0.15) is 12.4 Å². The third-order valence-electron chi connectivity index (χ3n) is 2.34. The fraction of sp³-hybridized carbons (Fsp3) is 0.467. The molecule has 4 heteroatoms. The van der Waals surface area contributed by atoms with Gasteiger partial charge in [0.05, 0.1) is 26.1 Å². The molecule has 1 atom stereocenters. The Morgan fingerprint density at radius 2 is 2.00 bits per heavy atom. The average Bonchev–Trinajstić information content (AvgIpc) is 2.37. The van der Waals surface area contributed by atoms with Crippen LogP contribution in [-0.2, 0) is 14.2 Å². The largest absolute Gasteiger partial charge is 0.499 e. The van der Waals surface area contributed by atoms with Crippen molar-refractivity contribution in [1.82, 2.24) is 0 Å². The fourth-order valence-corrected chi connectivity index (χ4v) is 1.48. The van der Waals surface area contributed by atoms with E-state index in [0.717, 1.165) is 11.3 Å². The lowest BCUT2D eigenvalue weighted by atomic mass is 10.2. The first kappa shape index (κ1) is 15.5. The van der Waals surface area contributed by atoms with Gasteiger partial charge in [-0.25, -0.2) is 0 Å². The average molecular weight is 266 g/mol. The van der Waals surface area contributed by atoms with Crippen LogP contribution in [0.1, 0.15) is 12.5 Å². The minimum absolute atomic E-state index is 0.296. The molecule has 0 aromatic heterocycles. The minimum atomic E-state index is -0.296. The molecule has 106 valence electrons. The van der Waals surface area contributed by atoms with Crippen molar-refractivity contribution >= 4 is 0 Å². The SMILES string of the molecule is C=COCCOCCOC(C)Oc1cccc(C)c1. The minimum Gasteiger partial charge on any atom is -0.499 e. The maximum Gasteiger partial charge on any atom is 0.197 e. The van der Waals surface area contributed by atoms with Crippen LogP contribution in [0.25, 0.3) is 0 Å². The van der Waals surface area contributed by atoms with Crippen molar-refractivity contribution in [1.29, 1.82) is 0 Å². The number of hydrogen-bond donors (Lipinski definition) is 0. The van der Waals surface area contributed by atoms with E-state index >= 15 is 0 Å². The van der Waals surface area contributed by atoms with Crippen molar-refractivity contribution in [2.24, 2.45) is 0 Å². The van der Waals surface area contributed by atoms with Crippen molar-refractivity contribution < 1.29 is 18.9 Å². The van der Waals surface area contributed by atoms with Gasteiger partial charge in [0.15, 0.2) is 6.29 Å². The Balaban J connectivity index is 2.08. The predicted molar refractivity (Wildman–Crippen MR) is 74.2 cm³/mol. The van der Waals surface area contributed by atoms with Gasteiger partial charge in [-0.3, -0.25) is 0 Å². The maximum absolute atomic E-state index is 5.62. The van der Waals surface area contributed by atoms with Crippen LogP contribution in [0.2, 0.25) is 0 Å². The molecule has 1 aromatic rings. The van der Waals surface area contributed by atoms with E-state index < -0.39 is 0 Å². The van der Waals surface area contributed by atoms with Crippen molar-refractivity contribution in [3.63, 3.8) is 0 Å². The summed E-state index contributed by atoms with van der Waals surface area (Å²) in [5.74, 6) is 0.813. The first-order valence-corrected chi connectivity index (χ1v) is 6.37. The lowest BCUT2D eigenvalue weighted by Crippen LogP contribution is -2.19. The van der Waals surface area contributed by atoms with Gasteiger partial charge in [0, 0.05) is 0 Å². The third-order valence-corrected chi connectivity index (χ3v) is 2.34. The second-order valence-electron chi connectivity index (χ2n) is 4.02. The number of ether oxygens (including phenoxy) is 4. The smallest absolute Gasteiger partial charge is 0.197 e. The van der Waals surface area contributed by atoms with Gasteiger partial charge in [-0.05, 0) is 31.5 Å². The van der Waals surface area contributed by atoms with E-state index in [-0.39, 0.29) is 6.29 Å². The number of benzene rings is 1. The van der Waals surface area contributed by atoms with Crippen molar-refractivity contribution in [3.8, 4) is 5.75 Å². The van der Waals surface area contributed by atoms with Crippen LogP contribution in [0.4, 0.5) is 0 Å². The van der Waals surface area contributed by atoms with Crippen LogP contribution < -0.4 is 4.74 Å². The Labute approximate surface area is 114 Å². The van der Waals surface area contributed by atoms with Crippen LogP contribution >= 0.6 is 0 Å². The summed E-state index contributed by atoms with van der Waals surface area (Å²) in [5.41, 5.74) is 1.16. The second-order valence-corrected chi connectivity index (χ2v) is 4.02. The summed E-state index contributed by atoms with van der Waals surface area (Å²) in [7, 11) is 0. The van der Waals surface area contributed by atoms with Crippen molar-refractivity contribution in [3.05, 3.63) is 42.7 Å². The van der Waals surface area contributed by atoms with Crippen LogP contribution in [0.3, 0.4) is 0 Å². The molecule has 1 aromatic carbocycles. The number of aryl methyl sites for hydroxylation is 1. The molecule has 0 radical (unpaired) electrons. The van der Waals surface area contributed by atoms with Crippen molar-refractivity contribution in [2.75, 3.05) is 26.4 Å². The molecule has 0 bridgehead atoms. The van der Waals surface area contributed by atoms with E-state index in [0.29, 0.717) is 26.4 Å². The van der Waals surface area contributed by atoms with Gasteiger partial charge in [-0.1, -0.05) is 18.7 Å². The molecule has 0 saturated heterocycles. The molecule has 0 saturated carbocycles. The Bertz CT molecular complexity index is 365. The monoisotopic (exact) mass is 266 g/mol. The summed E-state index contributed by atoms with van der Waals surface area (Å²) < 4.78 is 21.3. The maximum atomic E-state index is 5.62. The molecule has 0 N–H and O–H groups in total. The molecule has 0 aliphatic heterocycles. The van der Waals surface area contributed by atoms with E-state index in [9.17, 15) is 0 Å². The molecule has 0 aliphatic rings. The topological polar surface area (TPSA) is 36.9 Å². The van der Waals surface area contributed by atoms with E-state index in [1.165, 1.54) is 6.26 Å². The molecule has 4 nitrogen and oxygen atoms in total. The summed E-state index contributed by atoms with van der Waals surface area (Å²) in [6, 6.07) is 7.87. The van der Waals surface area contributed by atoms with Crippen LogP contribution in [0.5, 0.6) is 5.75 Å². The van der Waals surface area contributed by atoms with E-state index in [1.54, 1.807) is 0 Å². The van der Waals surface area contributed by atoms with Gasteiger partial charge in [0.25, 0.3) is 0 Å². The van der Waals surface area contributed by atoms with E-state index in [1.807, 2.05) is 38.1 Å². The molecule has 0 aliphatic carbocycles. The summed E-state index contributed by atoms with van der Waals surface area (Å²) in [6.45, 7) is 9.38. The lowest BCUT2D eigenvalue weighted by Gasteiger charge is -2.15. The highest BCUT2D eigenvalue weighted by molar-refractivity contribution is 5.27. The van der Waals surface area contributed by atoms with Gasteiger partial charge in [0.2, 0.25) is 0 Å². The molecule has 1 rings (SSSR count). The Morgan fingerprint density at radius 1 is 1.21 bits per heavy atom. The summed E-state index contributed by atoms with van der Waals surface area (Å²) >= 11 is 0. The van der Waals surface area contributed by atoms with Crippen molar-refractivity contribution in [2.45, 2.75) is 20.1 Å². The Hall–Kier alpha value is -1.52. The first-order valence-electron chi connectivity index (χ1n) is 6.37. The quantitative estimate of drug-likeness (QED) is 0.371. The highest BCUT2D eigenvalue weighted by Crippen LogP contribution is 2.14. The van der Waals surface area contributed by atoms with Gasteiger partial charge in [-0.15, -0.1) is 0 Å². The van der Waals surface area contributed by atoms with Crippen LogP contribution in [0.15, 0.2) is 37.1 Å². The Morgan fingerprint density at radius 3 is 2.74 bits per heavy atom. The second kappa shape index (κ2) is 9.42. The first-order chi connectivity index (χ1) is 9.22. The summed E-state index contributed by atoms with van der Waals surface area (Å²) in [6.07, 6.45) is 1.10. The van der Waals surface area contributed by atoms with Gasteiger partial charge < -0.3 is 18.9 Å². The van der Waals surface area contributed by atoms with E-state index in [2.05, 4.69) is 6.58 Å². The third kappa shape index (κ3) is 7.49. The Kier molecular flexibility index (Phi) is 7.70. The lowest BCUT2D eigenvalue weighted by molar-refractivity contribution is -0.0849. The zero-order chi connectivity index (χ0) is 13.9. The molecular formula is C15H22O4. The molecule has 1 unspecified atom stereocenters. The van der Waals surface area contributed by atoms with E-state index in [4.69, 9.17) is 18.9 Å². The standard InChI is InChI=1S/C15H22O4/c1-4-16-8-9-17-10-11-18-14(3)19-15-7-5-6-13(2)12-15/h4-7,12,14H,1,8-11H2,2-3H3. The summed E-state index contributed by atoms with van der Waals surface area (Å²) in [5, 5.41) is 0. The van der Waals surface area contributed by atoms with Crippen LogP contribution in [-0.4, -0.2) is 32.7 Å². The molecule has 0 amide bonds. The highest BCUT2D eigenvalue weighted by atomic mass is 16.7. The zero-order valence-corrected chi connectivity index (χ0v) is 11.6. The number of rotatable bonds is 10. The molecule has 0 heterocycles. The molecule has 0 fully saturated rings. The highest BCUT2D eigenvalue weighted by Gasteiger charge is 2.03. The molecular weight excluding hydrogens is 244 g/mol. The zero-order valence-electron chi connectivity index (χ0n) is 11.6. The predicted octanol–water partition coefficient (Wildman–Crippen LogP) is 2.91. The molecule has 19 heavy (non-hydrogen) atoms. The fourth-order valence-electron chi connectivity index (χ4n) is 1.48. The normalized spacial score (nSPS) is 11.9. The van der Waals surface area contributed by atoms with Crippen LogP contribution in [0, 0.1) is 6.92 Å². The van der Waals surface area contributed by atoms with Gasteiger partial charge >= 0.3 is 0 Å².